The molecule has 4 heteroatoms. The van der Waals surface area contributed by atoms with E-state index in [1.54, 1.807) is 0 Å². The molecule has 0 fully saturated rings. The molecule has 0 N–H and O–H groups in total. The Bertz CT molecular complexity index is 1350. The highest BCUT2D eigenvalue weighted by Gasteiger charge is 2.16. The summed E-state index contributed by atoms with van der Waals surface area (Å²) in [5.74, 6) is 1.12. The number of aryl methyl sites for hydroxylation is 1. The average Bonchev–Trinajstić information content (AvgIpc) is 2.94. The van der Waals surface area contributed by atoms with Crippen LogP contribution in [-0.4, -0.2) is 0 Å². The first-order valence-corrected chi connectivity index (χ1v) is 12.5. The van der Waals surface area contributed by atoms with Crippen molar-refractivity contribution in [3.05, 3.63) is 150 Å². The maximum Gasteiger partial charge on any atom is 0.172 e. The molecule has 0 atom stereocenters. The lowest BCUT2D eigenvalue weighted by molar-refractivity contribution is -0.697. The minimum atomic E-state index is -0.258. The lowest BCUT2D eigenvalue weighted by Crippen LogP contribution is -2.32. The van der Waals surface area contributed by atoms with Gasteiger partial charge in [-0.05, 0) is 65.1 Å². The van der Waals surface area contributed by atoms with Crippen LogP contribution in [-0.2, 0) is 6.54 Å². The Hall–Kier alpha value is -4.31. The van der Waals surface area contributed by atoms with Gasteiger partial charge < -0.3 is 4.74 Å². The third-order valence-corrected chi connectivity index (χ3v) is 6.51. The van der Waals surface area contributed by atoms with Crippen molar-refractivity contribution >= 4 is 0 Å². The molecule has 2 nitrogen and oxygen atoms in total. The second-order valence-corrected chi connectivity index (χ2v) is 9.06. The summed E-state index contributed by atoms with van der Waals surface area (Å²) in [6.45, 7) is 0.824. The number of benzene rings is 4. The predicted molar refractivity (Wildman–Crippen MR) is 142 cm³/mol. The number of hydrogen-bond acceptors (Lipinski definition) is 1. The van der Waals surface area contributed by atoms with Crippen LogP contribution in [0.3, 0.4) is 0 Å². The molecule has 0 aliphatic heterocycles. The Morgan fingerprint density at radius 2 is 1.08 bits per heavy atom. The molecular formula is C33H28F2NO+. The van der Waals surface area contributed by atoms with Crippen molar-refractivity contribution in [2.45, 2.75) is 25.3 Å². The summed E-state index contributed by atoms with van der Waals surface area (Å²) in [7, 11) is 0. The van der Waals surface area contributed by atoms with Crippen molar-refractivity contribution in [1.82, 2.24) is 0 Å². The predicted octanol–water partition coefficient (Wildman–Crippen LogP) is 8.32. The number of ether oxygens (including phenoxy) is 1. The SMILES string of the molecule is Fc1ccc(C(CCC[n+]2ccc(Oc3ccc(-c4ccccc4)cc3)cc2)c2ccc(F)cc2)cc1. The summed E-state index contributed by atoms with van der Waals surface area (Å²) in [4.78, 5) is 0. The van der Waals surface area contributed by atoms with E-state index < -0.39 is 0 Å². The Balaban J connectivity index is 1.19. The summed E-state index contributed by atoms with van der Waals surface area (Å²) in [5.41, 5.74) is 4.38. The van der Waals surface area contributed by atoms with Gasteiger partial charge >= 0.3 is 0 Å². The molecule has 0 aliphatic rings. The minimum Gasteiger partial charge on any atom is -0.457 e. The van der Waals surface area contributed by atoms with Crippen LogP contribution in [0.15, 0.2) is 128 Å². The molecule has 0 saturated heterocycles. The fourth-order valence-electron chi connectivity index (χ4n) is 4.54. The number of halogens is 2. The monoisotopic (exact) mass is 492 g/mol. The van der Waals surface area contributed by atoms with Crippen LogP contribution in [0.2, 0.25) is 0 Å². The van der Waals surface area contributed by atoms with Gasteiger partial charge in [0.05, 0.1) is 0 Å². The molecule has 0 radical (unpaired) electrons. The molecule has 0 bridgehead atoms. The first-order valence-electron chi connectivity index (χ1n) is 12.5. The van der Waals surface area contributed by atoms with Crippen LogP contribution >= 0.6 is 0 Å². The van der Waals surface area contributed by atoms with Crippen LogP contribution in [0.1, 0.15) is 29.9 Å². The molecule has 0 amide bonds. The van der Waals surface area contributed by atoms with E-state index in [4.69, 9.17) is 4.74 Å². The molecule has 0 saturated carbocycles. The van der Waals surface area contributed by atoms with Gasteiger partial charge in [0.15, 0.2) is 12.4 Å². The third-order valence-electron chi connectivity index (χ3n) is 6.51. The molecule has 0 aliphatic carbocycles. The van der Waals surface area contributed by atoms with Gasteiger partial charge in [-0.2, -0.15) is 0 Å². The van der Waals surface area contributed by atoms with Crippen molar-refractivity contribution < 1.29 is 18.1 Å². The Kier molecular flexibility index (Phi) is 7.66. The molecule has 4 aromatic carbocycles. The molecule has 0 spiro atoms. The van der Waals surface area contributed by atoms with E-state index in [0.717, 1.165) is 47.6 Å². The van der Waals surface area contributed by atoms with E-state index >= 15 is 0 Å². The number of aromatic nitrogens is 1. The molecule has 5 aromatic rings. The van der Waals surface area contributed by atoms with E-state index in [-0.39, 0.29) is 17.6 Å². The van der Waals surface area contributed by atoms with E-state index in [9.17, 15) is 8.78 Å². The third kappa shape index (κ3) is 6.47. The standard InChI is InChI=1S/C33H28F2NO/c34-29-14-8-27(9-15-29)33(28-10-16-30(35)17-11-28)7-4-22-36-23-20-32(21-24-36)37-31-18-12-26(13-19-31)25-5-2-1-3-6-25/h1-3,5-6,8-21,23-24,33H,4,7,22H2/q+1. The average molecular weight is 493 g/mol. The van der Waals surface area contributed by atoms with Gasteiger partial charge in [-0.1, -0.05) is 66.7 Å². The Morgan fingerprint density at radius 3 is 1.65 bits per heavy atom. The van der Waals surface area contributed by atoms with Gasteiger partial charge in [-0.15, -0.1) is 0 Å². The Labute approximate surface area is 216 Å². The fourth-order valence-corrected chi connectivity index (χ4v) is 4.54. The van der Waals surface area contributed by atoms with Crippen LogP contribution in [0.4, 0.5) is 8.78 Å². The number of rotatable bonds is 9. The molecule has 5 rings (SSSR count). The van der Waals surface area contributed by atoms with Gasteiger partial charge in [0.2, 0.25) is 0 Å². The highest BCUT2D eigenvalue weighted by atomic mass is 19.1. The highest BCUT2D eigenvalue weighted by molar-refractivity contribution is 5.64. The van der Waals surface area contributed by atoms with Gasteiger partial charge in [-0.3, -0.25) is 0 Å². The zero-order valence-electron chi connectivity index (χ0n) is 20.4. The first-order chi connectivity index (χ1) is 18.1. The van der Waals surface area contributed by atoms with Crippen LogP contribution in [0, 0.1) is 11.6 Å². The summed E-state index contributed by atoms with van der Waals surface area (Å²) in [6.07, 6.45) is 5.79. The maximum absolute atomic E-state index is 13.5. The van der Waals surface area contributed by atoms with Gasteiger partial charge in [0.25, 0.3) is 0 Å². The van der Waals surface area contributed by atoms with Crippen molar-refractivity contribution in [1.29, 1.82) is 0 Å². The highest BCUT2D eigenvalue weighted by Crippen LogP contribution is 2.30. The summed E-state index contributed by atoms with van der Waals surface area (Å²) in [5, 5.41) is 0. The van der Waals surface area contributed by atoms with Crippen molar-refractivity contribution in [3.8, 4) is 22.6 Å². The second kappa shape index (κ2) is 11.6. The normalized spacial score (nSPS) is 11.0. The molecule has 184 valence electrons. The van der Waals surface area contributed by atoms with Crippen LogP contribution in [0.25, 0.3) is 11.1 Å². The van der Waals surface area contributed by atoms with E-state index in [0.29, 0.717) is 0 Å². The lowest BCUT2D eigenvalue weighted by Gasteiger charge is -2.17. The number of nitrogens with zero attached hydrogens (tertiary/aromatic N) is 1. The maximum atomic E-state index is 13.5. The van der Waals surface area contributed by atoms with Crippen molar-refractivity contribution in [3.63, 3.8) is 0 Å². The van der Waals surface area contributed by atoms with Gasteiger partial charge in [0, 0.05) is 24.5 Å². The van der Waals surface area contributed by atoms with Crippen molar-refractivity contribution in [2.75, 3.05) is 0 Å². The van der Waals surface area contributed by atoms with E-state index in [2.05, 4.69) is 28.8 Å². The molecule has 0 unspecified atom stereocenters. The van der Waals surface area contributed by atoms with E-state index in [1.807, 2.05) is 79.1 Å². The van der Waals surface area contributed by atoms with Gasteiger partial charge in [-0.25, -0.2) is 13.3 Å². The summed E-state index contributed by atoms with van der Waals surface area (Å²) in [6, 6.07) is 35.4. The molecule has 1 aromatic heterocycles. The van der Waals surface area contributed by atoms with Gasteiger partial charge in [0.1, 0.15) is 29.7 Å². The van der Waals surface area contributed by atoms with Crippen LogP contribution < -0.4 is 9.30 Å². The quantitative estimate of drug-likeness (QED) is 0.189. The number of hydrogen-bond donors (Lipinski definition) is 0. The lowest BCUT2D eigenvalue weighted by atomic mass is 9.87. The van der Waals surface area contributed by atoms with Crippen molar-refractivity contribution in [2.24, 2.45) is 0 Å². The van der Waals surface area contributed by atoms with Crippen LogP contribution in [0.5, 0.6) is 11.5 Å². The number of pyridine rings is 1. The van der Waals surface area contributed by atoms with E-state index in [1.165, 1.54) is 29.8 Å². The second-order valence-electron chi connectivity index (χ2n) is 9.06. The Morgan fingerprint density at radius 1 is 0.568 bits per heavy atom. The zero-order chi connectivity index (χ0) is 25.5. The largest absolute Gasteiger partial charge is 0.457 e. The minimum absolute atomic E-state index is 0.0725. The smallest absolute Gasteiger partial charge is 0.172 e. The molecular weight excluding hydrogens is 464 g/mol. The summed E-state index contributed by atoms with van der Waals surface area (Å²) < 4.78 is 35.1. The summed E-state index contributed by atoms with van der Waals surface area (Å²) >= 11 is 0. The molecule has 1 heterocycles. The topological polar surface area (TPSA) is 13.1 Å². The fraction of sp³-hybridized carbons (Fsp3) is 0.121. The molecule has 37 heavy (non-hydrogen) atoms. The zero-order valence-corrected chi connectivity index (χ0v) is 20.4. The first kappa shape index (κ1) is 24.4.